The minimum Gasteiger partial charge on any atom is -0.481 e. The molecular formula is C17H20O2. The number of aliphatic carboxylic acids is 1. The van der Waals surface area contributed by atoms with Gasteiger partial charge in [-0.15, -0.1) is 0 Å². The lowest BCUT2D eigenvalue weighted by Crippen LogP contribution is -1.94. The van der Waals surface area contributed by atoms with Crippen molar-refractivity contribution in [2.75, 3.05) is 0 Å². The third-order valence-electron chi connectivity index (χ3n) is 2.91. The van der Waals surface area contributed by atoms with Crippen molar-refractivity contribution in [3.8, 4) is 0 Å². The fourth-order valence-electron chi connectivity index (χ4n) is 1.72. The maximum Gasteiger partial charge on any atom is 0.303 e. The van der Waals surface area contributed by atoms with E-state index >= 15 is 0 Å². The molecule has 2 nitrogen and oxygen atoms in total. The molecule has 0 bridgehead atoms. The molecule has 0 fully saturated rings. The molecule has 0 heterocycles. The van der Waals surface area contributed by atoms with Crippen LogP contribution in [0.15, 0.2) is 54.6 Å². The second kappa shape index (κ2) is 7.37. The van der Waals surface area contributed by atoms with Gasteiger partial charge in [0.2, 0.25) is 0 Å². The van der Waals surface area contributed by atoms with Gasteiger partial charge in [0.1, 0.15) is 0 Å². The van der Waals surface area contributed by atoms with Gasteiger partial charge in [0.15, 0.2) is 0 Å². The average Bonchev–Trinajstić information content (AvgIpc) is 2.38. The van der Waals surface area contributed by atoms with Crippen LogP contribution in [0.25, 0.3) is 5.57 Å². The molecule has 0 spiro atoms. The van der Waals surface area contributed by atoms with Crippen molar-refractivity contribution < 1.29 is 9.90 Å². The first-order valence-corrected chi connectivity index (χ1v) is 6.31. The summed E-state index contributed by atoms with van der Waals surface area (Å²) in [7, 11) is 0. The zero-order valence-corrected chi connectivity index (χ0v) is 11.5. The maximum atomic E-state index is 10.5. The van der Waals surface area contributed by atoms with Gasteiger partial charge in [-0.1, -0.05) is 54.6 Å². The molecule has 0 atom stereocenters. The first-order chi connectivity index (χ1) is 9.02. The third-order valence-corrected chi connectivity index (χ3v) is 2.91. The molecule has 1 aromatic carbocycles. The molecule has 1 aromatic rings. The second-order valence-electron chi connectivity index (χ2n) is 4.56. The van der Waals surface area contributed by atoms with E-state index in [0.717, 1.165) is 11.1 Å². The summed E-state index contributed by atoms with van der Waals surface area (Å²) in [5.74, 6) is -0.785. The Balaban J connectivity index is 2.82. The summed E-state index contributed by atoms with van der Waals surface area (Å²) in [6.07, 6.45) is 6.30. The van der Waals surface area contributed by atoms with Gasteiger partial charge in [0.05, 0.1) is 0 Å². The fourth-order valence-corrected chi connectivity index (χ4v) is 1.72. The van der Waals surface area contributed by atoms with Gasteiger partial charge >= 0.3 is 5.97 Å². The van der Waals surface area contributed by atoms with E-state index in [1.807, 2.05) is 25.1 Å². The summed E-state index contributed by atoms with van der Waals surface area (Å²) in [6, 6.07) is 8.29. The predicted molar refractivity (Wildman–Crippen MR) is 80.0 cm³/mol. The first-order valence-electron chi connectivity index (χ1n) is 6.31. The van der Waals surface area contributed by atoms with Gasteiger partial charge in [0.25, 0.3) is 0 Å². The molecule has 100 valence electrons. The Hall–Kier alpha value is -2.09. The number of hydrogen-bond donors (Lipinski definition) is 1. The van der Waals surface area contributed by atoms with Crippen molar-refractivity contribution in [3.63, 3.8) is 0 Å². The average molecular weight is 256 g/mol. The molecule has 0 aliphatic heterocycles. The van der Waals surface area contributed by atoms with Gasteiger partial charge in [0, 0.05) is 6.42 Å². The lowest BCUT2D eigenvalue weighted by atomic mass is 10.0. The summed E-state index contributed by atoms with van der Waals surface area (Å²) < 4.78 is 0. The molecule has 1 N–H and O–H groups in total. The number of carbonyl (C=O) groups is 1. The molecule has 19 heavy (non-hydrogen) atoms. The van der Waals surface area contributed by atoms with Crippen LogP contribution in [0.1, 0.15) is 30.9 Å². The number of aryl methyl sites for hydroxylation is 1. The van der Waals surface area contributed by atoms with Gasteiger partial charge in [-0.2, -0.15) is 0 Å². The smallest absolute Gasteiger partial charge is 0.303 e. The molecular weight excluding hydrogens is 236 g/mol. The molecule has 0 unspecified atom stereocenters. The summed E-state index contributed by atoms with van der Waals surface area (Å²) in [4.78, 5) is 10.5. The highest BCUT2D eigenvalue weighted by Crippen LogP contribution is 2.16. The van der Waals surface area contributed by atoms with Crippen LogP contribution in [0, 0.1) is 6.92 Å². The quantitative estimate of drug-likeness (QED) is 0.767. The zero-order chi connectivity index (χ0) is 14.3. The summed E-state index contributed by atoms with van der Waals surface area (Å²) >= 11 is 0. The topological polar surface area (TPSA) is 37.3 Å². The number of carboxylic acid groups (broad SMARTS) is 1. The van der Waals surface area contributed by atoms with E-state index in [9.17, 15) is 4.79 Å². The van der Waals surface area contributed by atoms with Crippen LogP contribution in [0.4, 0.5) is 0 Å². The Morgan fingerprint density at radius 3 is 2.63 bits per heavy atom. The predicted octanol–water partition coefficient (Wildman–Crippen LogP) is 4.38. The van der Waals surface area contributed by atoms with E-state index < -0.39 is 5.97 Å². The third kappa shape index (κ3) is 5.38. The lowest BCUT2D eigenvalue weighted by molar-refractivity contribution is -0.136. The van der Waals surface area contributed by atoms with Crippen LogP contribution in [0.5, 0.6) is 0 Å². The number of allylic oxidation sites excluding steroid dienone is 5. The fraction of sp³-hybridized carbons (Fsp3) is 0.235. The summed E-state index contributed by atoms with van der Waals surface area (Å²) in [5.41, 5.74) is 4.50. The van der Waals surface area contributed by atoms with E-state index in [4.69, 9.17) is 5.11 Å². The largest absolute Gasteiger partial charge is 0.481 e. The van der Waals surface area contributed by atoms with Gasteiger partial charge in [-0.25, -0.2) is 0 Å². The lowest BCUT2D eigenvalue weighted by Gasteiger charge is -2.02. The molecule has 0 aliphatic carbocycles. The maximum absolute atomic E-state index is 10.5. The standard InChI is InChI=1S/C17H20O2/c1-4-15(10-11-17(18)19)9-8-14(3)16-7-5-6-13(2)12-16/h4-9,12H,1,10-11H2,2-3H3,(H,18,19)/b14-8+,15-9+. The van der Waals surface area contributed by atoms with E-state index in [1.54, 1.807) is 6.08 Å². The second-order valence-corrected chi connectivity index (χ2v) is 4.56. The Morgan fingerprint density at radius 1 is 1.32 bits per heavy atom. The molecule has 0 saturated heterocycles. The molecule has 0 aromatic heterocycles. The van der Waals surface area contributed by atoms with Crippen LogP contribution in [-0.2, 0) is 4.79 Å². The van der Waals surface area contributed by atoms with E-state index in [-0.39, 0.29) is 6.42 Å². The first kappa shape index (κ1) is 15.0. The number of rotatable bonds is 6. The SMILES string of the molecule is C=C/C(=C\C=C(/C)c1cccc(C)c1)CCC(=O)O. The number of carboxylic acids is 1. The number of hydrogen-bond acceptors (Lipinski definition) is 1. The van der Waals surface area contributed by atoms with E-state index in [1.165, 1.54) is 11.1 Å². The highest BCUT2D eigenvalue weighted by molar-refractivity contribution is 5.68. The minimum absolute atomic E-state index is 0.134. The minimum atomic E-state index is -0.785. The molecule has 0 saturated carbocycles. The van der Waals surface area contributed by atoms with Crippen molar-refractivity contribution in [3.05, 3.63) is 65.8 Å². The van der Waals surface area contributed by atoms with Crippen LogP contribution >= 0.6 is 0 Å². The van der Waals surface area contributed by atoms with E-state index in [2.05, 4.69) is 31.7 Å². The van der Waals surface area contributed by atoms with E-state index in [0.29, 0.717) is 6.42 Å². The highest BCUT2D eigenvalue weighted by atomic mass is 16.4. The molecule has 1 rings (SSSR count). The van der Waals surface area contributed by atoms with Crippen molar-refractivity contribution in [1.29, 1.82) is 0 Å². The highest BCUT2D eigenvalue weighted by Gasteiger charge is 1.99. The van der Waals surface area contributed by atoms with Crippen molar-refractivity contribution >= 4 is 11.5 Å². The summed E-state index contributed by atoms with van der Waals surface area (Å²) in [5, 5.41) is 8.67. The van der Waals surface area contributed by atoms with Crippen LogP contribution in [-0.4, -0.2) is 11.1 Å². The Labute approximate surface area is 114 Å². The van der Waals surface area contributed by atoms with Crippen molar-refractivity contribution in [2.45, 2.75) is 26.7 Å². The number of benzene rings is 1. The normalized spacial score (nSPS) is 12.3. The van der Waals surface area contributed by atoms with Crippen molar-refractivity contribution in [1.82, 2.24) is 0 Å². The molecule has 0 aliphatic rings. The zero-order valence-electron chi connectivity index (χ0n) is 11.5. The van der Waals surface area contributed by atoms with Crippen LogP contribution < -0.4 is 0 Å². The molecule has 0 amide bonds. The van der Waals surface area contributed by atoms with Gasteiger partial charge in [-0.3, -0.25) is 4.79 Å². The Kier molecular flexibility index (Phi) is 5.80. The van der Waals surface area contributed by atoms with Gasteiger partial charge < -0.3 is 5.11 Å². The Morgan fingerprint density at radius 2 is 2.05 bits per heavy atom. The summed E-state index contributed by atoms with van der Waals surface area (Å²) in [6.45, 7) is 7.82. The molecule has 2 heteroatoms. The van der Waals surface area contributed by atoms with Gasteiger partial charge in [-0.05, 0) is 37.0 Å². The molecule has 0 radical (unpaired) electrons. The Bertz CT molecular complexity index is 522. The van der Waals surface area contributed by atoms with Crippen LogP contribution in [0.3, 0.4) is 0 Å². The van der Waals surface area contributed by atoms with Crippen LogP contribution in [0.2, 0.25) is 0 Å². The van der Waals surface area contributed by atoms with Crippen molar-refractivity contribution in [2.24, 2.45) is 0 Å². The monoisotopic (exact) mass is 256 g/mol.